The van der Waals surface area contributed by atoms with Crippen molar-refractivity contribution in [3.8, 4) is 5.75 Å². The SMILES string of the molecule is CN=C(NCCCC(=O)N1CCc2ccccc2C1)NCCc1ccc(OC)cc1.I. The fourth-order valence-electron chi connectivity index (χ4n) is 3.65. The summed E-state index contributed by atoms with van der Waals surface area (Å²) in [5, 5.41) is 6.62. The second-order valence-corrected chi connectivity index (χ2v) is 7.46. The van der Waals surface area contributed by atoms with Gasteiger partial charge in [0.15, 0.2) is 5.96 Å². The Balaban J connectivity index is 0.00000341. The predicted octanol–water partition coefficient (Wildman–Crippen LogP) is 3.39. The van der Waals surface area contributed by atoms with Gasteiger partial charge >= 0.3 is 0 Å². The van der Waals surface area contributed by atoms with Crippen LogP contribution in [0, 0.1) is 0 Å². The van der Waals surface area contributed by atoms with Gasteiger partial charge in [0.05, 0.1) is 7.11 Å². The average molecular weight is 536 g/mol. The molecule has 6 nitrogen and oxygen atoms in total. The summed E-state index contributed by atoms with van der Waals surface area (Å²) in [7, 11) is 3.43. The largest absolute Gasteiger partial charge is 0.497 e. The molecule has 0 fully saturated rings. The molecule has 3 rings (SSSR count). The Bertz CT molecular complexity index is 855. The molecule has 0 spiro atoms. The van der Waals surface area contributed by atoms with E-state index in [-0.39, 0.29) is 29.9 Å². The number of benzene rings is 2. The van der Waals surface area contributed by atoms with Crippen LogP contribution in [0.5, 0.6) is 5.75 Å². The number of amides is 1. The molecule has 1 heterocycles. The van der Waals surface area contributed by atoms with Gasteiger partial charge < -0.3 is 20.3 Å². The molecule has 168 valence electrons. The Hall–Kier alpha value is -2.29. The van der Waals surface area contributed by atoms with Gasteiger partial charge in [0.2, 0.25) is 5.91 Å². The van der Waals surface area contributed by atoms with Crippen molar-refractivity contribution >= 4 is 35.8 Å². The highest BCUT2D eigenvalue weighted by Crippen LogP contribution is 2.19. The molecule has 2 aromatic carbocycles. The van der Waals surface area contributed by atoms with Crippen LogP contribution >= 0.6 is 24.0 Å². The fourth-order valence-corrected chi connectivity index (χ4v) is 3.65. The molecule has 0 saturated heterocycles. The van der Waals surface area contributed by atoms with Crippen molar-refractivity contribution in [3.63, 3.8) is 0 Å². The van der Waals surface area contributed by atoms with Gasteiger partial charge in [-0.05, 0) is 48.1 Å². The van der Waals surface area contributed by atoms with Gasteiger partial charge in [-0.1, -0.05) is 36.4 Å². The molecule has 0 saturated carbocycles. The van der Waals surface area contributed by atoms with E-state index in [1.807, 2.05) is 23.1 Å². The first-order chi connectivity index (χ1) is 14.7. The number of aliphatic imine (C=N–C) groups is 1. The lowest BCUT2D eigenvalue weighted by Crippen LogP contribution is -2.39. The summed E-state index contributed by atoms with van der Waals surface area (Å²) in [6, 6.07) is 16.5. The van der Waals surface area contributed by atoms with E-state index in [4.69, 9.17) is 4.74 Å². The molecule has 0 aromatic heterocycles. The number of guanidine groups is 1. The van der Waals surface area contributed by atoms with Crippen LogP contribution in [0.3, 0.4) is 0 Å². The minimum absolute atomic E-state index is 0. The maximum Gasteiger partial charge on any atom is 0.222 e. The summed E-state index contributed by atoms with van der Waals surface area (Å²) >= 11 is 0. The van der Waals surface area contributed by atoms with Gasteiger partial charge in [0, 0.05) is 39.6 Å². The summed E-state index contributed by atoms with van der Waals surface area (Å²) in [4.78, 5) is 18.8. The normalized spacial score (nSPS) is 13.1. The monoisotopic (exact) mass is 536 g/mol. The molecule has 0 aliphatic carbocycles. The summed E-state index contributed by atoms with van der Waals surface area (Å²) in [5.74, 6) is 1.86. The zero-order valence-corrected chi connectivity index (χ0v) is 20.7. The number of nitrogens with one attached hydrogen (secondary N) is 2. The molecule has 0 bridgehead atoms. The number of carbonyl (C=O) groups is 1. The number of halogens is 1. The van der Waals surface area contributed by atoms with Crippen molar-refractivity contribution < 1.29 is 9.53 Å². The van der Waals surface area contributed by atoms with Crippen LogP contribution < -0.4 is 15.4 Å². The van der Waals surface area contributed by atoms with Gasteiger partial charge in [-0.15, -0.1) is 24.0 Å². The first kappa shape index (κ1) is 25.0. The van der Waals surface area contributed by atoms with Crippen LogP contribution in [0.4, 0.5) is 0 Å². The third-order valence-electron chi connectivity index (χ3n) is 5.43. The Morgan fingerprint density at radius 3 is 2.48 bits per heavy atom. The number of hydrogen-bond acceptors (Lipinski definition) is 3. The van der Waals surface area contributed by atoms with E-state index in [1.54, 1.807) is 14.2 Å². The summed E-state index contributed by atoms with van der Waals surface area (Å²) in [5.41, 5.74) is 3.89. The predicted molar refractivity (Wildman–Crippen MR) is 136 cm³/mol. The standard InChI is InChI=1S/C24H32N4O2.HI/c1-25-24(27-16-13-19-9-11-22(30-2)12-10-19)26-15-5-8-23(29)28-17-14-20-6-3-4-7-21(20)18-28;/h3-4,6-7,9-12H,5,8,13-18H2,1-2H3,(H2,25,26,27);1H. The van der Waals surface area contributed by atoms with E-state index >= 15 is 0 Å². The maximum atomic E-state index is 12.5. The van der Waals surface area contributed by atoms with Gasteiger partial charge in [0.1, 0.15) is 5.75 Å². The summed E-state index contributed by atoms with van der Waals surface area (Å²) in [6.45, 7) is 3.06. The second-order valence-electron chi connectivity index (χ2n) is 7.46. The summed E-state index contributed by atoms with van der Waals surface area (Å²) in [6.07, 6.45) is 3.19. The first-order valence-corrected chi connectivity index (χ1v) is 10.6. The number of carbonyl (C=O) groups excluding carboxylic acids is 1. The lowest BCUT2D eigenvalue weighted by Gasteiger charge is -2.29. The van der Waals surface area contributed by atoms with Crippen LogP contribution in [0.15, 0.2) is 53.5 Å². The minimum atomic E-state index is 0. The van der Waals surface area contributed by atoms with E-state index in [9.17, 15) is 4.79 Å². The number of rotatable bonds is 8. The van der Waals surface area contributed by atoms with Crippen molar-refractivity contribution in [2.45, 2.75) is 32.2 Å². The number of nitrogens with zero attached hydrogens (tertiary/aromatic N) is 2. The highest BCUT2D eigenvalue weighted by atomic mass is 127. The number of ether oxygens (including phenoxy) is 1. The first-order valence-electron chi connectivity index (χ1n) is 10.6. The van der Waals surface area contributed by atoms with Gasteiger partial charge in [-0.3, -0.25) is 9.79 Å². The minimum Gasteiger partial charge on any atom is -0.497 e. The average Bonchev–Trinajstić information content (AvgIpc) is 2.80. The van der Waals surface area contributed by atoms with E-state index in [2.05, 4.69) is 46.0 Å². The molecule has 2 N–H and O–H groups in total. The zero-order valence-electron chi connectivity index (χ0n) is 18.4. The highest BCUT2D eigenvalue weighted by molar-refractivity contribution is 14.0. The van der Waals surface area contributed by atoms with Crippen LogP contribution in [-0.2, 0) is 24.2 Å². The van der Waals surface area contributed by atoms with Crippen molar-refractivity contribution in [1.82, 2.24) is 15.5 Å². The zero-order chi connectivity index (χ0) is 21.2. The molecule has 0 unspecified atom stereocenters. The van der Waals surface area contributed by atoms with Gasteiger partial charge in [-0.25, -0.2) is 0 Å². The van der Waals surface area contributed by atoms with Crippen LogP contribution in [-0.4, -0.2) is 50.6 Å². The molecule has 0 atom stereocenters. The molecule has 1 aliphatic rings. The van der Waals surface area contributed by atoms with Gasteiger partial charge in [0.25, 0.3) is 0 Å². The Morgan fingerprint density at radius 2 is 1.77 bits per heavy atom. The molecular weight excluding hydrogens is 503 g/mol. The van der Waals surface area contributed by atoms with E-state index < -0.39 is 0 Å². The smallest absolute Gasteiger partial charge is 0.222 e. The number of methoxy groups -OCH3 is 1. The highest BCUT2D eigenvalue weighted by Gasteiger charge is 2.19. The van der Waals surface area contributed by atoms with Crippen molar-refractivity contribution in [1.29, 1.82) is 0 Å². The van der Waals surface area contributed by atoms with E-state index in [1.165, 1.54) is 16.7 Å². The third-order valence-corrected chi connectivity index (χ3v) is 5.43. The Morgan fingerprint density at radius 1 is 1.06 bits per heavy atom. The van der Waals surface area contributed by atoms with E-state index in [0.717, 1.165) is 57.2 Å². The molecular formula is C24H33IN4O2. The van der Waals surface area contributed by atoms with Crippen LogP contribution in [0.25, 0.3) is 0 Å². The van der Waals surface area contributed by atoms with Gasteiger partial charge in [-0.2, -0.15) is 0 Å². The van der Waals surface area contributed by atoms with Crippen molar-refractivity contribution in [3.05, 3.63) is 65.2 Å². The molecule has 7 heteroatoms. The van der Waals surface area contributed by atoms with Crippen LogP contribution in [0.2, 0.25) is 0 Å². The van der Waals surface area contributed by atoms with Crippen molar-refractivity contribution in [2.24, 2.45) is 4.99 Å². The maximum absolute atomic E-state index is 12.5. The fraction of sp³-hybridized carbons (Fsp3) is 0.417. The second kappa shape index (κ2) is 13.2. The lowest BCUT2D eigenvalue weighted by molar-refractivity contribution is -0.132. The quantitative estimate of drug-likeness (QED) is 0.235. The van der Waals surface area contributed by atoms with Crippen LogP contribution in [0.1, 0.15) is 29.5 Å². The third kappa shape index (κ3) is 7.72. The molecule has 1 aliphatic heterocycles. The number of hydrogen-bond donors (Lipinski definition) is 2. The lowest BCUT2D eigenvalue weighted by atomic mass is 9.99. The molecule has 2 aromatic rings. The molecule has 1 amide bonds. The number of fused-ring (bicyclic) bond motifs is 1. The Kier molecular flexibility index (Phi) is 10.6. The molecule has 0 radical (unpaired) electrons. The molecule has 31 heavy (non-hydrogen) atoms. The van der Waals surface area contributed by atoms with E-state index in [0.29, 0.717) is 6.42 Å². The topological polar surface area (TPSA) is 66.0 Å². The van der Waals surface area contributed by atoms with Crippen molar-refractivity contribution in [2.75, 3.05) is 33.8 Å². The summed E-state index contributed by atoms with van der Waals surface area (Å²) < 4.78 is 5.18. The Labute approximate surface area is 202 Å².